The molecule has 2 aromatic rings. The molecule has 3 rings (SSSR count). The standard InChI is InChI=1S/C24H31N3O2/c1-20-7-5-9-22(19-20)27-17-15-26(16-18-27)14-6-13-25-24(28)12-11-21-8-3-4-10-23(21)29-2/h3-5,7-12,19H,6,13-18H2,1-2H3,(H,25,28)/b12-11+. The lowest BCUT2D eigenvalue weighted by Crippen LogP contribution is -2.47. The summed E-state index contributed by atoms with van der Waals surface area (Å²) in [4.78, 5) is 17.0. The molecule has 0 aromatic heterocycles. The van der Waals surface area contributed by atoms with Crippen molar-refractivity contribution in [2.75, 3.05) is 51.3 Å². The molecule has 0 aliphatic carbocycles. The lowest BCUT2D eigenvalue weighted by atomic mass is 10.2. The summed E-state index contributed by atoms with van der Waals surface area (Å²) in [6.45, 7) is 8.07. The molecule has 1 heterocycles. The summed E-state index contributed by atoms with van der Waals surface area (Å²) in [6.07, 6.45) is 4.32. The number of rotatable bonds is 8. The number of nitrogens with one attached hydrogen (secondary N) is 1. The zero-order chi connectivity index (χ0) is 20.5. The molecule has 0 unspecified atom stereocenters. The summed E-state index contributed by atoms with van der Waals surface area (Å²) >= 11 is 0. The molecule has 0 radical (unpaired) electrons. The van der Waals surface area contributed by atoms with Crippen LogP contribution >= 0.6 is 0 Å². The highest BCUT2D eigenvalue weighted by Gasteiger charge is 2.16. The molecule has 29 heavy (non-hydrogen) atoms. The summed E-state index contributed by atoms with van der Waals surface area (Å²) in [5.41, 5.74) is 3.52. The van der Waals surface area contributed by atoms with Crippen molar-refractivity contribution in [1.82, 2.24) is 10.2 Å². The van der Waals surface area contributed by atoms with Crippen LogP contribution in [0.5, 0.6) is 5.75 Å². The number of carbonyl (C=O) groups is 1. The largest absolute Gasteiger partial charge is 0.496 e. The molecule has 1 fully saturated rings. The van der Waals surface area contributed by atoms with E-state index in [4.69, 9.17) is 4.74 Å². The van der Waals surface area contributed by atoms with Crippen molar-refractivity contribution in [2.24, 2.45) is 0 Å². The maximum Gasteiger partial charge on any atom is 0.244 e. The Morgan fingerprint density at radius 2 is 1.90 bits per heavy atom. The second-order valence-corrected chi connectivity index (χ2v) is 7.39. The number of benzene rings is 2. The fourth-order valence-corrected chi connectivity index (χ4v) is 3.60. The molecule has 0 atom stereocenters. The first-order valence-corrected chi connectivity index (χ1v) is 10.3. The highest BCUT2D eigenvalue weighted by molar-refractivity contribution is 5.92. The van der Waals surface area contributed by atoms with E-state index in [1.165, 1.54) is 11.3 Å². The van der Waals surface area contributed by atoms with Gasteiger partial charge in [0.2, 0.25) is 5.91 Å². The van der Waals surface area contributed by atoms with Crippen LogP contribution in [0.4, 0.5) is 5.69 Å². The van der Waals surface area contributed by atoms with Gasteiger partial charge in [-0.25, -0.2) is 0 Å². The van der Waals surface area contributed by atoms with E-state index in [0.29, 0.717) is 6.54 Å². The predicted octanol–water partition coefficient (Wildman–Crippen LogP) is 3.35. The Kier molecular flexibility index (Phi) is 7.70. The third kappa shape index (κ3) is 6.36. The van der Waals surface area contributed by atoms with Crippen molar-refractivity contribution in [3.05, 3.63) is 65.7 Å². The summed E-state index contributed by atoms with van der Waals surface area (Å²) in [7, 11) is 1.63. The predicted molar refractivity (Wildman–Crippen MR) is 119 cm³/mol. The van der Waals surface area contributed by atoms with Gasteiger partial charge in [-0.15, -0.1) is 0 Å². The number of para-hydroxylation sites is 1. The monoisotopic (exact) mass is 393 g/mol. The van der Waals surface area contributed by atoms with E-state index >= 15 is 0 Å². The second kappa shape index (κ2) is 10.7. The van der Waals surface area contributed by atoms with Crippen molar-refractivity contribution < 1.29 is 9.53 Å². The molecule has 1 saturated heterocycles. The van der Waals surface area contributed by atoms with Crippen molar-refractivity contribution >= 4 is 17.7 Å². The van der Waals surface area contributed by atoms with Gasteiger partial charge in [0.25, 0.3) is 0 Å². The molecule has 1 aliphatic heterocycles. The van der Waals surface area contributed by atoms with Crippen LogP contribution in [-0.2, 0) is 4.79 Å². The average molecular weight is 394 g/mol. The van der Waals surface area contributed by atoms with Gasteiger partial charge in [-0.3, -0.25) is 9.69 Å². The van der Waals surface area contributed by atoms with E-state index in [1.807, 2.05) is 24.3 Å². The van der Waals surface area contributed by atoms with Crippen molar-refractivity contribution in [2.45, 2.75) is 13.3 Å². The minimum Gasteiger partial charge on any atom is -0.496 e. The molecule has 5 heteroatoms. The summed E-state index contributed by atoms with van der Waals surface area (Å²) in [6, 6.07) is 16.4. The van der Waals surface area contributed by atoms with Crippen LogP contribution in [0.2, 0.25) is 0 Å². The molecule has 154 valence electrons. The topological polar surface area (TPSA) is 44.8 Å². The molecule has 1 aliphatic rings. The number of hydrogen-bond acceptors (Lipinski definition) is 4. The van der Waals surface area contributed by atoms with Crippen molar-refractivity contribution in [3.63, 3.8) is 0 Å². The quantitative estimate of drug-likeness (QED) is 0.552. The summed E-state index contributed by atoms with van der Waals surface area (Å²) in [5, 5.41) is 2.97. The Morgan fingerprint density at radius 1 is 1.10 bits per heavy atom. The Hall–Kier alpha value is -2.79. The van der Waals surface area contributed by atoms with Crippen LogP contribution in [-0.4, -0.2) is 57.2 Å². The van der Waals surface area contributed by atoms with Gasteiger partial charge < -0.3 is 15.0 Å². The Balaban J connectivity index is 1.34. The molecular weight excluding hydrogens is 362 g/mol. The van der Waals surface area contributed by atoms with Crippen LogP contribution in [0.25, 0.3) is 6.08 Å². The van der Waals surface area contributed by atoms with E-state index in [1.54, 1.807) is 19.3 Å². The summed E-state index contributed by atoms with van der Waals surface area (Å²) in [5.74, 6) is 0.696. The van der Waals surface area contributed by atoms with Crippen LogP contribution in [0, 0.1) is 6.92 Å². The van der Waals surface area contributed by atoms with E-state index in [2.05, 4.69) is 46.3 Å². The molecule has 0 bridgehead atoms. The number of nitrogens with zero attached hydrogens (tertiary/aromatic N) is 2. The van der Waals surface area contributed by atoms with Gasteiger partial charge in [0, 0.05) is 50.1 Å². The number of carbonyl (C=O) groups excluding carboxylic acids is 1. The van der Waals surface area contributed by atoms with E-state index in [-0.39, 0.29) is 5.91 Å². The minimum atomic E-state index is -0.0693. The molecule has 2 aromatic carbocycles. The smallest absolute Gasteiger partial charge is 0.244 e. The van der Waals surface area contributed by atoms with Crippen LogP contribution in [0.1, 0.15) is 17.5 Å². The zero-order valence-electron chi connectivity index (χ0n) is 17.4. The number of amides is 1. The van der Waals surface area contributed by atoms with E-state index < -0.39 is 0 Å². The first-order chi connectivity index (χ1) is 14.2. The van der Waals surface area contributed by atoms with Crippen molar-refractivity contribution in [3.8, 4) is 5.75 Å². The lowest BCUT2D eigenvalue weighted by Gasteiger charge is -2.36. The van der Waals surface area contributed by atoms with Crippen molar-refractivity contribution in [1.29, 1.82) is 0 Å². The SMILES string of the molecule is COc1ccccc1/C=C/C(=O)NCCCN1CCN(c2cccc(C)c2)CC1. The third-order valence-corrected chi connectivity index (χ3v) is 5.24. The van der Waals surface area contributed by atoms with E-state index in [0.717, 1.165) is 50.5 Å². The number of aryl methyl sites for hydroxylation is 1. The second-order valence-electron chi connectivity index (χ2n) is 7.39. The number of anilines is 1. The Bertz CT molecular complexity index is 826. The third-order valence-electron chi connectivity index (χ3n) is 5.24. The molecule has 0 saturated carbocycles. The fourth-order valence-electron chi connectivity index (χ4n) is 3.60. The Morgan fingerprint density at radius 3 is 2.66 bits per heavy atom. The van der Waals surface area contributed by atoms with Gasteiger partial charge >= 0.3 is 0 Å². The maximum absolute atomic E-state index is 12.0. The number of piperazine rings is 1. The normalized spacial score (nSPS) is 14.9. The molecule has 0 spiro atoms. The van der Waals surface area contributed by atoms with Gasteiger partial charge in [0.1, 0.15) is 5.75 Å². The minimum absolute atomic E-state index is 0.0693. The van der Waals surface area contributed by atoms with Gasteiger partial charge in [-0.2, -0.15) is 0 Å². The van der Waals surface area contributed by atoms with Gasteiger partial charge in [-0.05, 0) is 49.7 Å². The fraction of sp³-hybridized carbons (Fsp3) is 0.375. The molecule has 1 N–H and O–H groups in total. The van der Waals surface area contributed by atoms with Crippen LogP contribution < -0.4 is 15.0 Å². The zero-order valence-corrected chi connectivity index (χ0v) is 17.4. The van der Waals surface area contributed by atoms with Crippen LogP contribution in [0.3, 0.4) is 0 Å². The average Bonchev–Trinajstić information content (AvgIpc) is 2.76. The van der Waals surface area contributed by atoms with Crippen LogP contribution in [0.15, 0.2) is 54.6 Å². The number of hydrogen-bond donors (Lipinski definition) is 1. The highest BCUT2D eigenvalue weighted by Crippen LogP contribution is 2.19. The Labute approximate surface area is 174 Å². The molecule has 5 nitrogen and oxygen atoms in total. The summed E-state index contributed by atoms with van der Waals surface area (Å²) < 4.78 is 5.29. The first-order valence-electron chi connectivity index (χ1n) is 10.3. The maximum atomic E-state index is 12.0. The number of methoxy groups -OCH3 is 1. The lowest BCUT2D eigenvalue weighted by molar-refractivity contribution is -0.116. The van der Waals surface area contributed by atoms with Gasteiger partial charge in [0.05, 0.1) is 7.11 Å². The number of ether oxygens (including phenoxy) is 1. The molecular formula is C24H31N3O2. The van der Waals surface area contributed by atoms with Gasteiger partial charge in [-0.1, -0.05) is 30.3 Å². The highest BCUT2D eigenvalue weighted by atomic mass is 16.5. The first kappa shape index (κ1) is 20.9. The van der Waals surface area contributed by atoms with Gasteiger partial charge in [0.15, 0.2) is 0 Å². The molecule has 1 amide bonds. The van der Waals surface area contributed by atoms with E-state index in [9.17, 15) is 4.79 Å².